The molecule has 0 N–H and O–H groups in total. The van der Waals surface area contributed by atoms with E-state index < -0.39 is 0 Å². The summed E-state index contributed by atoms with van der Waals surface area (Å²) in [6, 6.07) is 37.2. The van der Waals surface area contributed by atoms with Crippen molar-refractivity contribution in [2.45, 2.75) is 52.4 Å². The molecule has 8 aromatic rings. The van der Waals surface area contributed by atoms with Crippen molar-refractivity contribution in [1.29, 1.82) is 0 Å². The van der Waals surface area contributed by atoms with Gasteiger partial charge in [0, 0.05) is 0 Å². The van der Waals surface area contributed by atoms with Crippen molar-refractivity contribution < 1.29 is 0 Å². The fourth-order valence-electron chi connectivity index (χ4n) is 7.08. The normalized spacial score (nSPS) is 13.2. The molecule has 0 heterocycles. The average molecular weight is 515 g/mol. The maximum absolute atomic E-state index is 2.50. The van der Waals surface area contributed by atoms with Gasteiger partial charge < -0.3 is 0 Å². The highest BCUT2D eigenvalue weighted by molar-refractivity contribution is 6.44. The Labute approximate surface area is 235 Å². The topological polar surface area (TPSA) is 0 Å². The molecule has 40 heavy (non-hydrogen) atoms. The monoisotopic (exact) mass is 514 g/mol. The molecule has 0 fully saturated rings. The molecule has 0 aliphatic carbocycles. The second kappa shape index (κ2) is 7.73. The summed E-state index contributed by atoms with van der Waals surface area (Å²) >= 11 is 0. The van der Waals surface area contributed by atoms with E-state index in [0.29, 0.717) is 0 Å². The van der Waals surface area contributed by atoms with Crippen LogP contribution in [0.1, 0.15) is 52.7 Å². The molecule has 0 spiro atoms. The Bertz CT molecular complexity index is 2150. The lowest BCUT2D eigenvalue weighted by molar-refractivity contribution is 0.591. The van der Waals surface area contributed by atoms with Crippen molar-refractivity contribution >= 4 is 75.4 Å². The summed E-state index contributed by atoms with van der Waals surface area (Å²) < 4.78 is 0. The van der Waals surface area contributed by atoms with Gasteiger partial charge in [0.15, 0.2) is 0 Å². The van der Waals surface area contributed by atoms with E-state index in [1.54, 1.807) is 0 Å². The minimum atomic E-state index is 0.0317. The molecule has 0 aromatic heterocycles. The summed E-state index contributed by atoms with van der Waals surface area (Å²) in [5.74, 6) is 0. The van der Waals surface area contributed by atoms with Crippen LogP contribution in [-0.2, 0) is 10.8 Å². The highest BCUT2D eigenvalue weighted by atomic mass is 14.3. The summed E-state index contributed by atoms with van der Waals surface area (Å²) in [6.45, 7) is 14.0. The lowest BCUT2D eigenvalue weighted by atomic mass is 9.77. The molecule has 0 unspecified atom stereocenters. The first-order chi connectivity index (χ1) is 19.1. The minimum Gasteiger partial charge on any atom is -0.0616 e. The molecule has 0 amide bonds. The average Bonchev–Trinajstić information content (AvgIpc) is 2.94. The van der Waals surface area contributed by atoms with Crippen molar-refractivity contribution in [2.75, 3.05) is 0 Å². The van der Waals surface area contributed by atoms with Crippen LogP contribution >= 0.6 is 0 Å². The van der Waals surface area contributed by atoms with Gasteiger partial charge in [-0.3, -0.25) is 0 Å². The first-order valence-electron chi connectivity index (χ1n) is 14.5. The van der Waals surface area contributed by atoms with Crippen molar-refractivity contribution in [3.05, 3.63) is 108 Å². The van der Waals surface area contributed by atoms with E-state index in [1.807, 2.05) is 0 Å². The van der Waals surface area contributed by atoms with Crippen LogP contribution in [-0.4, -0.2) is 0 Å². The number of hydrogen-bond donors (Lipinski definition) is 0. The maximum Gasteiger partial charge on any atom is -0.00134 e. The van der Waals surface area contributed by atoms with E-state index in [2.05, 4.69) is 139 Å². The third-order valence-electron chi connectivity index (χ3n) is 9.24. The van der Waals surface area contributed by atoms with Crippen LogP contribution in [0.3, 0.4) is 0 Å². The van der Waals surface area contributed by atoms with Gasteiger partial charge in [-0.05, 0) is 122 Å². The lowest BCUT2D eigenvalue weighted by Gasteiger charge is -2.26. The molecule has 0 bridgehead atoms. The van der Waals surface area contributed by atoms with Crippen molar-refractivity contribution in [3.8, 4) is 0 Å². The van der Waals surface area contributed by atoms with Gasteiger partial charge in [-0.2, -0.15) is 0 Å². The van der Waals surface area contributed by atoms with Gasteiger partial charge in [-0.15, -0.1) is 0 Å². The fourth-order valence-corrected chi connectivity index (χ4v) is 7.08. The van der Waals surface area contributed by atoms with Crippen LogP contribution in [0.5, 0.6) is 0 Å². The molecule has 0 nitrogen and oxygen atoms in total. The van der Waals surface area contributed by atoms with Gasteiger partial charge in [0.25, 0.3) is 0 Å². The third kappa shape index (κ3) is 3.14. The molecule has 0 radical (unpaired) electrons. The Morgan fingerprint density at radius 3 is 1.10 bits per heavy atom. The summed E-state index contributed by atoms with van der Waals surface area (Å²) in [5, 5.41) is 19.1. The zero-order valence-electron chi connectivity index (χ0n) is 24.2. The van der Waals surface area contributed by atoms with Gasteiger partial charge in [-0.1, -0.05) is 114 Å². The smallest absolute Gasteiger partial charge is 0.00134 e. The number of benzene rings is 8. The third-order valence-corrected chi connectivity index (χ3v) is 9.24. The fraction of sp³-hybridized carbons (Fsp3) is 0.200. The first-order valence-corrected chi connectivity index (χ1v) is 14.5. The largest absolute Gasteiger partial charge is 0.0616 e. The van der Waals surface area contributed by atoms with Crippen LogP contribution in [0, 0.1) is 0 Å². The van der Waals surface area contributed by atoms with Crippen molar-refractivity contribution in [3.63, 3.8) is 0 Å². The second-order valence-corrected chi connectivity index (χ2v) is 13.8. The van der Waals surface area contributed by atoms with E-state index in [4.69, 9.17) is 0 Å². The molecular formula is C40H34. The Hall–Kier alpha value is -4.16. The molecule has 0 aliphatic heterocycles. The second-order valence-electron chi connectivity index (χ2n) is 13.8. The molecule has 0 heteroatoms. The van der Waals surface area contributed by atoms with E-state index in [1.165, 1.54) is 86.5 Å². The number of hydrogen-bond acceptors (Lipinski definition) is 0. The van der Waals surface area contributed by atoms with E-state index in [-0.39, 0.29) is 10.8 Å². The van der Waals surface area contributed by atoms with Crippen LogP contribution in [0.2, 0.25) is 0 Å². The molecule has 0 saturated heterocycles. The zero-order chi connectivity index (χ0) is 27.6. The van der Waals surface area contributed by atoms with Crippen LogP contribution in [0.25, 0.3) is 75.4 Å². The molecule has 0 saturated carbocycles. The molecule has 8 rings (SSSR count). The SMILES string of the molecule is CC(C)(C)c1cc2c3ccc4ccccc4c3c3cc(C(C)(C)C)cc4c5ccc6ccccc6c5c(c1)c2c43. The highest BCUT2D eigenvalue weighted by Gasteiger charge is 2.25. The van der Waals surface area contributed by atoms with Gasteiger partial charge in [0.1, 0.15) is 0 Å². The number of fused-ring (bicyclic) bond motifs is 10. The summed E-state index contributed by atoms with van der Waals surface area (Å²) in [5.41, 5.74) is 2.84. The number of rotatable bonds is 0. The zero-order valence-corrected chi connectivity index (χ0v) is 24.2. The van der Waals surface area contributed by atoms with Gasteiger partial charge in [0.05, 0.1) is 0 Å². The van der Waals surface area contributed by atoms with Crippen LogP contribution in [0.15, 0.2) is 97.1 Å². The van der Waals surface area contributed by atoms with E-state index in [9.17, 15) is 0 Å². The van der Waals surface area contributed by atoms with Gasteiger partial charge in [-0.25, -0.2) is 0 Å². The molecule has 8 aromatic carbocycles. The molecule has 0 aliphatic rings. The standard InChI is InChI=1S/C40H34/c1-39(2,3)25-19-31-29-17-15-24-12-8-10-14-28(24)36(29)34-22-26(40(4,5)6)20-32-30-18-16-23-11-7-9-13-27(23)35(30)33(21-25)37(31)38(32)34/h7-22H,1-6H3. The molecule has 194 valence electrons. The van der Waals surface area contributed by atoms with Gasteiger partial charge in [0.2, 0.25) is 0 Å². The highest BCUT2D eigenvalue weighted by Crippen LogP contribution is 2.50. The van der Waals surface area contributed by atoms with E-state index in [0.717, 1.165) is 0 Å². The van der Waals surface area contributed by atoms with Crippen molar-refractivity contribution in [1.82, 2.24) is 0 Å². The summed E-state index contributed by atoms with van der Waals surface area (Å²) in [6.07, 6.45) is 0. The quantitative estimate of drug-likeness (QED) is 0.139. The maximum atomic E-state index is 2.50. The molecule has 0 atom stereocenters. The minimum absolute atomic E-state index is 0.0317. The summed E-state index contributed by atoms with van der Waals surface area (Å²) in [4.78, 5) is 0. The van der Waals surface area contributed by atoms with Gasteiger partial charge >= 0.3 is 0 Å². The van der Waals surface area contributed by atoms with Crippen LogP contribution in [0.4, 0.5) is 0 Å². The Balaban J connectivity index is 1.80. The van der Waals surface area contributed by atoms with Crippen LogP contribution < -0.4 is 0 Å². The Kier molecular flexibility index (Phi) is 4.58. The molecular weight excluding hydrogens is 480 g/mol. The summed E-state index contributed by atoms with van der Waals surface area (Å²) in [7, 11) is 0. The predicted octanol–water partition coefficient (Wildman–Crippen LogP) is 11.8. The Morgan fingerprint density at radius 1 is 0.325 bits per heavy atom. The van der Waals surface area contributed by atoms with E-state index >= 15 is 0 Å². The predicted molar refractivity (Wildman–Crippen MR) is 178 cm³/mol. The first kappa shape index (κ1) is 23.7. The lowest BCUT2D eigenvalue weighted by Crippen LogP contribution is -2.12. The Morgan fingerprint density at radius 2 is 0.700 bits per heavy atom. The van der Waals surface area contributed by atoms with Crippen molar-refractivity contribution in [2.24, 2.45) is 0 Å².